The molecular formula is C12H16O3. The fraction of sp³-hybridized carbons (Fsp3) is 0.500. The van der Waals surface area contributed by atoms with E-state index in [2.05, 4.69) is 0 Å². The molecule has 0 saturated heterocycles. The molecule has 0 bridgehead atoms. The average molecular weight is 208 g/mol. The van der Waals surface area contributed by atoms with Gasteiger partial charge in [-0.05, 0) is 23.8 Å². The minimum atomic E-state index is -1.01. The van der Waals surface area contributed by atoms with Crippen LogP contribution in [0.15, 0.2) is 30.3 Å². The van der Waals surface area contributed by atoms with Gasteiger partial charge < -0.3 is 15.3 Å². The number of hydrogen-bond acceptors (Lipinski definition) is 3. The average Bonchev–Trinajstić information content (AvgIpc) is 3.08. The third-order valence-corrected chi connectivity index (χ3v) is 3.09. The van der Waals surface area contributed by atoms with Crippen LogP contribution in [0.5, 0.6) is 0 Å². The first-order chi connectivity index (χ1) is 7.24. The Morgan fingerprint density at radius 2 is 1.87 bits per heavy atom. The number of hydrogen-bond donors (Lipinski definition) is 3. The summed E-state index contributed by atoms with van der Waals surface area (Å²) in [4.78, 5) is 0. The van der Waals surface area contributed by atoms with E-state index < -0.39 is 12.2 Å². The smallest absolute Gasteiger partial charge is 0.103 e. The molecule has 1 aliphatic carbocycles. The van der Waals surface area contributed by atoms with Crippen LogP contribution in [0.25, 0.3) is 0 Å². The number of benzene rings is 1. The second-order valence-electron chi connectivity index (χ2n) is 4.16. The largest absolute Gasteiger partial charge is 0.394 e. The molecule has 0 spiro atoms. The van der Waals surface area contributed by atoms with E-state index in [9.17, 15) is 10.2 Å². The van der Waals surface area contributed by atoms with E-state index >= 15 is 0 Å². The SMILES string of the molecule is OC[C@@H](O)[C@@H](O)[C@@H]1C[C@H]1c1ccccc1. The summed E-state index contributed by atoms with van der Waals surface area (Å²) in [6.45, 7) is -0.376. The van der Waals surface area contributed by atoms with Crippen molar-refractivity contribution in [3.8, 4) is 0 Å². The maximum atomic E-state index is 9.68. The molecule has 1 aromatic carbocycles. The molecule has 1 aromatic rings. The molecule has 0 unspecified atom stereocenters. The molecule has 4 atom stereocenters. The first-order valence-electron chi connectivity index (χ1n) is 5.26. The van der Waals surface area contributed by atoms with Crippen LogP contribution in [-0.2, 0) is 0 Å². The second kappa shape index (κ2) is 4.31. The van der Waals surface area contributed by atoms with Crippen LogP contribution in [0.4, 0.5) is 0 Å². The van der Waals surface area contributed by atoms with Crippen LogP contribution in [0.2, 0.25) is 0 Å². The van der Waals surface area contributed by atoms with Gasteiger partial charge >= 0.3 is 0 Å². The molecule has 0 aromatic heterocycles. The van der Waals surface area contributed by atoms with Gasteiger partial charge in [0, 0.05) is 0 Å². The van der Waals surface area contributed by atoms with Crippen molar-refractivity contribution in [1.82, 2.24) is 0 Å². The van der Waals surface area contributed by atoms with E-state index in [1.807, 2.05) is 30.3 Å². The zero-order valence-corrected chi connectivity index (χ0v) is 8.45. The third-order valence-electron chi connectivity index (χ3n) is 3.09. The highest BCUT2D eigenvalue weighted by molar-refractivity contribution is 5.26. The summed E-state index contributed by atoms with van der Waals surface area (Å²) in [6, 6.07) is 9.96. The fourth-order valence-corrected chi connectivity index (χ4v) is 2.07. The van der Waals surface area contributed by atoms with Crippen molar-refractivity contribution >= 4 is 0 Å². The highest BCUT2D eigenvalue weighted by atomic mass is 16.4. The molecule has 3 nitrogen and oxygen atoms in total. The summed E-state index contributed by atoms with van der Waals surface area (Å²) < 4.78 is 0. The maximum absolute atomic E-state index is 9.68. The van der Waals surface area contributed by atoms with Crippen LogP contribution in [0, 0.1) is 5.92 Å². The molecule has 15 heavy (non-hydrogen) atoms. The summed E-state index contributed by atoms with van der Waals surface area (Å²) in [5.41, 5.74) is 1.20. The number of aliphatic hydroxyl groups is 3. The Morgan fingerprint density at radius 3 is 2.47 bits per heavy atom. The lowest BCUT2D eigenvalue weighted by atomic mass is 10.0. The van der Waals surface area contributed by atoms with Gasteiger partial charge in [-0.2, -0.15) is 0 Å². The predicted octanol–water partition coefficient (Wildman–Crippen LogP) is 0.504. The van der Waals surface area contributed by atoms with Gasteiger partial charge in [-0.25, -0.2) is 0 Å². The summed E-state index contributed by atoms with van der Waals surface area (Å²) in [5, 5.41) is 27.7. The second-order valence-corrected chi connectivity index (χ2v) is 4.16. The first-order valence-corrected chi connectivity index (χ1v) is 5.26. The molecule has 2 rings (SSSR count). The van der Waals surface area contributed by atoms with Gasteiger partial charge in [-0.3, -0.25) is 0 Å². The van der Waals surface area contributed by atoms with E-state index in [0.29, 0.717) is 5.92 Å². The van der Waals surface area contributed by atoms with Crippen molar-refractivity contribution in [2.24, 2.45) is 5.92 Å². The van der Waals surface area contributed by atoms with Crippen LogP contribution in [0.1, 0.15) is 17.9 Å². The van der Waals surface area contributed by atoms with Crippen LogP contribution in [-0.4, -0.2) is 34.1 Å². The molecule has 82 valence electrons. The highest BCUT2D eigenvalue weighted by Crippen LogP contribution is 2.49. The monoisotopic (exact) mass is 208 g/mol. The van der Waals surface area contributed by atoms with Gasteiger partial charge in [0.2, 0.25) is 0 Å². The lowest BCUT2D eigenvalue weighted by molar-refractivity contribution is -0.0253. The van der Waals surface area contributed by atoms with Crippen molar-refractivity contribution < 1.29 is 15.3 Å². The van der Waals surface area contributed by atoms with Crippen molar-refractivity contribution in [1.29, 1.82) is 0 Å². The Labute approximate surface area is 89.0 Å². The molecule has 0 heterocycles. The minimum Gasteiger partial charge on any atom is -0.394 e. The molecule has 0 amide bonds. The van der Waals surface area contributed by atoms with E-state index in [1.54, 1.807) is 0 Å². The van der Waals surface area contributed by atoms with E-state index in [4.69, 9.17) is 5.11 Å². The molecule has 0 aliphatic heterocycles. The Hall–Kier alpha value is -0.900. The van der Waals surface area contributed by atoms with Gasteiger partial charge in [0.25, 0.3) is 0 Å². The fourth-order valence-electron chi connectivity index (χ4n) is 2.07. The normalized spacial score (nSPS) is 28.5. The van der Waals surface area contributed by atoms with Gasteiger partial charge in [0.1, 0.15) is 6.10 Å². The van der Waals surface area contributed by atoms with Gasteiger partial charge in [0.15, 0.2) is 0 Å². The lowest BCUT2D eigenvalue weighted by Crippen LogP contribution is -2.31. The number of rotatable bonds is 4. The molecular weight excluding hydrogens is 192 g/mol. The molecule has 1 fully saturated rings. The minimum absolute atomic E-state index is 0.0922. The van der Waals surface area contributed by atoms with E-state index in [0.717, 1.165) is 6.42 Å². The zero-order chi connectivity index (χ0) is 10.8. The van der Waals surface area contributed by atoms with Crippen molar-refractivity contribution in [3.05, 3.63) is 35.9 Å². The third kappa shape index (κ3) is 2.20. The van der Waals surface area contributed by atoms with Crippen LogP contribution in [0.3, 0.4) is 0 Å². The summed E-state index contributed by atoms with van der Waals surface area (Å²) >= 11 is 0. The standard InChI is InChI=1S/C12H16O3/c13-7-11(14)12(15)10-6-9(10)8-4-2-1-3-5-8/h1-5,9-15H,6-7H2/t9-,10+,11+,12-/m0/s1. The summed E-state index contributed by atoms with van der Waals surface area (Å²) in [5.74, 6) is 0.428. The lowest BCUT2D eigenvalue weighted by Gasteiger charge is -2.15. The Balaban J connectivity index is 1.96. The highest BCUT2D eigenvalue weighted by Gasteiger charge is 2.45. The van der Waals surface area contributed by atoms with Gasteiger partial charge in [-0.15, -0.1) is 0 Å². The van der Waals surface area contributed by atoms with Crippen molar-refractivity contribution in [2.75, 3.05) is 6.61 Å². The predicted molar refractivity (Wildman–Crippen MR) is 56.4 cm³/mol. The molecule has 0 radical (unpaired) electrons. The van der Waals surface area contributed by atoms with Crippen molar-refractivity contribution in [2.45, 2.75) is 24.5 Å². The van der Waals surface area contributed by atoms with Gasteiger partial charge in [-0.1, -0.05) is 30.3 Å². The quantitative estimate of drug-likeness (QED) is 0.675. The van der Waals surface area contributed by atoms with E-state index in [-0.39, 0.29) is 12.5 Å². The zero-order valence-electron chi connectivity index (χ0n) is 8.45. The summed E-state index contributed by atoms with van der Waals surface area (Å²) in [7, 11) is 0. The summed E-state index contributed by atoms with van der Waals surface area (Å²) in [6.07, 6.45) is -0.925. The molecule has 1 saturated carbocycles. The van der Waals surface area contributed by atoms with Crippen LogP contribution >= 0.6 is 0 Å². The topological polar surface area (TPSA) is 60.7 Å². The Morgan fingerprint density at radius 1 is 1.20 bits per heavy atom. The Kier molecular flexibility index (Phi) is 3.05. The van der Waals surface area contributed by atoms with Crippen molar-refractivity contribution in [3.63, 3.8) is 0 Å². The Bertz CT molecular complexity index is 312. The first kappa shape index (κ1) is 10.6. The molecule has 3 heteroatoms. The van der Waals surface area contributed by atoms with Crippen LogP contribution < -0.4 is 0 Å². The van der Waals surface area contributed by atoms with Gasteiger partial charge in [0.05, 0.1) is 12.7 Å². The van der Waals surface area contributed by atoms with E-state index in [1.165, 1.54) is 5.56 Å². The molecule has 1 aliphatic rings. The molecule has 3 N–H and O–H groups in total. The number of aliphatic hydroxyl groups excluding tert-OH is 3. The maximum Gasteiger partial charge on any atom is 0.103 e.